The van der Waals surface area contributed by atoms with E-state index >= 15 is 0 Å². The third kappa shape index (κ3) is 2.73. The van der Waals surface area contributed by atoms with Gasteiger partial charge in [0.15, 0.2) is 0 Å². The molecule has 0 aromatic carbocycles. The molecular formula is C9H13ClN2O2. The molecule has 1 aromatic rings. The van der Waals surface area contributed by atoms with Crippen LogP contribution < -0.4 is 0 Å². The Morgan fingerprint density at radius 3 is 2.79 bits per heavy atom. The molecule has 0 amide bonds. The van der Waals surface area contributed by atoms with Crippen LogP contribution in [0.5, 0.6) is 0 Å². The molecule has 0 unspecified atom stereocenters. The van der Waals surface area contributed by atoms with Crippen molar-refractivity contribution in [1.29, 1.82) is 0 Å². The van der Waals surface area contributed by atoms with Crippen molar-refractivity contribution in [3.05, 3.63) is 18.2 Å². The first-order valence-electron chi connectivity index (χ1n) is 4.24. The van der Waals surface area contributed by atoms with Crippen LogP contribution in [0, 0.1) is 0 Å². The molecule has 4 nitrogen and oxygen atoms in total. The zero-order chi connectivity index (χ0) is 10.8. The van der Waals surface area contributed by atoms with Crippen molar-refractivity contribution < 1.29 is 9.53 Å². The van der Waals surface area contributed by atoms with Gasteiger partial charge in [-0.2, -0.15) is 0 Å². The normalized spacial score (nSPS) is 11.4. The Labute approximate surface area is 87.8 Å². The van der Waals surface area contributed by atoms with E-state index in [1.807, 2.05) is 20.8 Å². The zero-order valence-electron chi connectivity index (χ0n) is 8.45. The van der Waals surface area contributed by atoms with E-state index in [-0.39, 0.29) is 5.88 Å². The molecule has 5 heteroatoms. The molecular weight excluding hydrogens is 204 g/mol. The van der Waals surface area contributed by atoms with Crippen molar-refractivity contribution in [3.8, 4) is 0 Å². The summed E-state index contributed by atoms with van der Waals surface area (Å²) < 4.78 is 6.45. The Balaban J connectivity index is 2.80. The standard InChI is InChI=1S/C9H13ClN2O2/c1-9(2,3)14-8(13)12-6-11-5-7(12)4-10/h5-6H,4H2,1-3H3. The number of imidazole rings is 1. The highest BCUT2D eigenvalue weighted by atomic mass is 35.5. The van der Waals surface area contributed by atoms with Gasteiger partial charge in [0.2, 0.25) is 0 Å². The molecule has 0 aliphatic carbocycles. The lowest BCUT2D eigenvalue weighted by Gasteiger charge is -2.19. The first-order valence-corrected chi connectivity index (χ1v) is 4.78. The van der Waals surface area contributed by atoms with Gasteiger partial charge < -0.3 is 4.74 Å². The summed E-state index contributed by atoms with van der Waals surface area (Å²) in [5, 5.41) is 0. The van der Waals surface area contributed by atoms with Crippen LogP contribution in [0.1, 0.15) is 26.5 Å². The SMILES string of the molecule is CC(C)(C)OC(=O)n1cncc1CCl. The minimum absolute atomic E-state index is 0.235. The highest BCUT2D eigenvalue weighted by Crippen LogP contribution is 2.11. The van der Waals surface area contributed by atoms with Gasteiger partial charge in [0.1, 0.15) is 11.9 Å². The largest absolute Gasteiger partial charge is 0.443 e. The summed E-state index contributed by atoms with van der Waals surface area (Å²) in [5.74, 6) is 0.235. The minimum Gasteiger partial charge on any atom is -0.443 e. The maximum Gasteiger partial charge on any atom is 0.420 e. The number of halogens is 1. The van der Waals surface area contributed by atoms with Crippen LogP contribution in [0.3, 0.4) is 0 Å². The second-order valence-corrected chi connectivity index (χ2v) is 4.14. The van der Waals surface area contributed by atoms with Crippen LogP contribution in [0.15, 0.2) is 12.5 Å². The lowest BCUT2D eigenvalue weighted by molar-refractivity contribution is 0.0533. The molecule has 0 N–H and O–H groups in total. The van der Waals surface area contributed by atoms with Crippen molar-refractivity contribution in [3.63, 3.8) is 0 Å². The molecule has 0 saturated carbocycles. The summed E-state index contributed by atoms with van der Waals surface area (Å²) in [5.41, 5.74) is 0.117. The minimum atomic E-state index is -0.509. The quantitative estimate of drug-likeness (QED) is 0.678. The first-order chi connectivity index (χ1) is 6.44. The Hall–Kier alpha value is -1.03. The van der Waals surface area contributed by atoms with Crippen molar-refractivity contribution >= 4 is 17.7 Å². The summed E-state index contributed by atoms with van der Waals surface area (Å²) >= 11 is 5.62. The number of alkyl halides is 1. The van der Waals surface area contributed by atoms with E-state index in [1.54, 1.807) is 0 Å². The third-order valence-corrected chi connectivity index (χ3v) is 1.72. The lowest BCUT2D eigenvalue weighted by Crippen LogP contribution is -2.27. The number of hydrogen-bond donors (Lipinski definition) is 0. The van der Waals surface area contributed by atoms with Gasteiger partial charge in [0, 0.05) is 6.20 Å². The van der Waals surface area contributed by atoms with Crippen LogP contribution in [0.4, 0.5) is 4.79 Å². The van der Waals surface area contributed by atoms with Gasteiger partial charge >= 0.3 is 6.09 Å². The highest BCUT2D eigenvalue weighted by Gasteiger charge is 2.19. The number of nitrogens with zero attached hydrogens (tertiary/aromatic N) is 2. The van der Waals surface area contributed by atoms with E-state index in [1.165, 1.54) is 17.1 Å². The summed E-state index contributed by atoms with van der Waals surface area (Å²) in [6, 6.07) is 0. The van der Waals surface area contributed by atoms with Crippen LogP contribution in [-0.4, -0.2) is 21.2 Å². The monoisotopic (exact) mass is 216 g/mol. The van der Waals surface area contributed by atoms with Gasteiger partial charge in [-0.25, -0.2) is 14.3 Å². The number of carbonyl (C=O) groups excluding carboxylic acids is 1. The van der Waals surface area contributed by atoms with Gasteiger partial charge in [0.25, 0.3) is 0 Å². The van der Waals surface area contributed by atoms with Crippen molar-refractivity contribution in [2.24, 2.45) is 0 Å². The summed E-state index contributed by atoms with van der Waals surface area (Å²) in [4.78, 5) is 15.4. The number of aromatic nitrogens is 2. The van der Waals surface area contributed by atoms with Crippen molar-refractivity contribution in [1.82, 2.24) is 9.55 Å². The van der Waals surface area contributed by atoms with E-state index in [0.29, 0.717) is 5.69 Å². The predicted molar refractivity (Wildman–Crippen MR) is 53.4 cm³/mol. The topological polar surface area (TPSA) is 44.1 Å². The molecule has 0 fully saturated rings. The molecule has 14 heavy (non-hydrogen) atoms. The molecule has 78 valence electrons. The average molecular weight is 217 g/mol. The Morgan fingerprint density at radius 2 is 2.29 bits per heavy atom. The number of hydrogen-bond acceptors (Lipinski definition) is 3. The maximum atomic E-state index is 11.5. The summed E-state index contributed by atoms with van der Waals surface area (Å²) in [7, 11) is 0. The molecule has 0 spiro atoms. The molecule has 0 bridgehead atoms. The average Bonchev–Trinajstić information content (AvgIpc) is 2.47. The van der Waals surface area contributed by atoms with Gasteiger partial charge in [-0.15, -0.1) is 11.6 Å². The fraction of sp³-hybridized carbons (Fsp3) is 0.556. The van der Waals surface area contributed by atoms with E-state index in [4.69, 9.17) is 16.3 Å². The highest BCUT2D eigenvalue weighted by molar-refractivity contribution is 6.17. The number of rotatable bonds is 1. The van der Waals surface area contributed by atoms with E-state index in [2.05, 4.69) is 4.98 Å². The van der Waals surface area contributed by atoms with Crippen LogP contribution in [-0.2, 0) is 10.6 Å². The van der Waals surface area contributed by atoms with Crippen LogP contribution in [0.25, 0.3) is 0 Å². The first kappa shape index (κ1) is 11.0. The Bertz CT molecular complexity index is 328. The second-order valence-electron chi connectivity index (χ2n) is 3.87. The van der Waals surface area contributed by atoms with Gasteiger partial charge in [-0.05, 0) is 20.8 Å². The van der Waals surface area contributed by atoms with Gasteiger partial charge in [-0.3, -0.25) is 0 Å². The molecule has 0 radical (unpaired) electrons. The van der Waals surface area contributed by atoms with Crippen molar-refractivity contribution in [2.75, 3.05) is 0 Å². The molecule has 1 heterocycles. The van der Waals surface area contributed by atoms with E-state index in [9.17, 15) is 4.79 Å². The van der Waals surface area contributed by atoms with E-state index < -0.39 is 11.7 Å². The second kappa shape index (κ2) is 4.00. The van der Waals surface area contributed by atoms with Crippen molar-refractivity contribution in [2.45, 2.75) is 32.3 Å². The maximum absolute atomic E-state index is 11.5. The molecule has 0 saturated heterocycles. The zero-order valence-corrected chi connectivity index (χ0v) is 9.21. The number of carbonyl (C=O) groups is 1. The molecule has 1 aromatic heterocycles. The number of ether oxygens (including phenoxy) is 1. The Kier molecular flexibility index (Phi) is 3.16. The van der Waals surface area contributed by atoms with Crippen LogP contribution in [0.2, 0.25) is 0 Å². The smallest absolute Gasteiger partial charge is 0.420 e. The molecule has 1 rings (SSSR count). The summed E-state index contributed by atoms with van der Waals surface area (Å²) in [6.07, 6.45) is 2.48. The fourth-order valence-electron chi connectivity index (χ4n) is 0.897. The van der Waals surface area contributed by atoms with Gasteiger partial charge in [-0.1, -0.05) is 0 Å². The van der Waals surface area contributed by atoms with Crippen LogP contribution >= 0.6 is 11.6 Å². The lowest BCUT2D eigenvalue weighted by atomic mass is 10.2. The third-order valence-electron chi connectivity index (χ3n) is 1.44. The molecule has 0 atom stereocenters. The Morgan fingerprint density at radius 1 is 1.64 bits per heavy atom. The fourth-order valence-corrected chi connectivity index (χ4v) is 1.09. The molecule has 0 aliphatic heterocycles. The predicted octanol–water partition coefficient (Wildman–Crippen LogP) is 2.41. The molecule has 0 aliphatic rings. The summed E-state index contributed by atoms with van der Waals surface area (Å²) in [6.45, 7) is 5.42. The van der Waals surface area contributed by atoms with Gasteiger partial charge in [0.05, 0.1) is 11.6 Å². The van der Waals surface area contributed by atoms with E-state index in [0.717, 1.165) is 0 Å².